The monoisotopic (exact) mass is 368 g/mol. The van der Waals surface area contributed by atoms with Crippen LogP contribution in [-0.2, 0) is 4.74 Å². The summed E-state index contributed by atoms with van der Waals surface area (Å²) < 4.78 is 6.66. The van der Waals surface area contributed by atoms with E-state index in [-0.39, 0.29) is 5.97 Å². The van der Waals surface area contributed by atoms with Gasteiger partial charge in [0.2, 0.25) is 0 Å². The Labute approximate surface area is 122 Å². The second kappa shape index (κ2) is 5.67. The van der Waals surface area contributed by atoms with E-state index in [2.05, 4.69) is 31.9 Å². The van der Waals surface area contributed by atoms with E-state index in [1.807, 2.05) is 36.4 Å². The summed E-state index contributed by atoms with van der Waals surface area (Å²) in [5.41, 5.74) is 2.39. The Bertz CT molecular complexity index is 577. The summed E-state index contributed by atoms with van der Waals surface area (Å²) >= 11 is 6.75. The van der Waals surface area contributed by atoms with Crippen molar-refractivity contribution in [2.45, 2.75) is 0 Å². The minimum Gasteiger partial charge on any atom is -0.465 e. The van der Waals surface area contributed by atoms with Gasteiger partial charge in [0.05, 0.1) is 12.7 Å². The van der Waals surface area contributed by atoms with Crippen molar-refractivity contribution in [3.05, 3.63) is 57.0 Å². The molecule has 4 heteroatoms. The van der Waals surface area contributed by atoms with Gasteiger partial charge in [-0.25, -0.2) is 4.79 Å². The molecule has 2 rings (SSSR count). The van der Waals surface area contributed by atoms with E-state index >= 15 is 0 Å². The van der Waals surface area contributed by atoms with Crippen LogP contribution < -0.4 is 0 Å². The van der Waals surface area contributed by atoms with Crippen LogP contribution in [0, 0.1) is 0 Å². The van der Waals surface area contributed by atoms with Crippen LogP contribution in [0.4, 0.5) is 0 Å². The fraction of sp³-hybridized carbons (Fsp3) is 0.0714. The number of carbonyl (C=O) groups is 1. The number of ether oxygens (including phenoxy) is 1. The molecule has 0 N–H and O–H groups in total. The molecule has 92 valence electrons. The molecule has 0 saturated heterocycles. The first kappa shape index (κ1) is 13.3. The fourth-order valence-corrected chi connectivity index (χ4v) is 2.30. The Morgan fingerprint density at radius 1 is 1.00 bits per heavy atom. The molecule has 0 heterocycles. The molecule has 0 unspecified atom stereocenters. The Morgan fingerprint density at radius 3 is 2.22 bits per heavy atom. The first-order valence-corrected chi connectivity index (χ1v) is 6.84. The van der Waals surface area contributed by atoms with Gasteiger partial charge < -0.3 is 4.74 Å². The molecule has 2 aromatic carbocycles. The number of benzene rings is 2. The number of methoxy groups -OCH3 is 1. The summed E-state index contributed by atoms with van der Waals surface area (Å²) in [4.78, 5) is 11.8. The van der Waals surface area contributed by atoms with Crippen molar-refractivity contribution >= 4 is 37.8 Å². The second-order valence-corrected chi connectivity index (χ2v) is 5.52. The lowest BCUT2D eigenvalue weighted by Crippen LogP contribution is -2.03. The number of hydrogen-bond donors (Lipinski definition) is 0. The zero-order chi connectivity index (χ0) is 13.1. The van der Waals surface area contributed by atoms with E-state index in [1.165, 1.54) is 7.11 Å². The summed E-state index contributed by atoms with van der Waals surface area (Å²) in [6.45, 7) is 0. The van der Waals surface area contributed by atoms with Crippen molar-refractivity contribution in [3.63, 3.8) is 0 Å². The average molecular weight is 370 g/mol. The van der Waals surface area contributed by atoms with Crippen molar-refractivity contribution in [1.82, 2.24) is 0 Å². The first-order chi connectivity index (χ1) is 8.61. The third-order valence-corrected chi connectivity index (χ3v) is 3.56. The zero-order valence-electron chi connectivity index (χ0n) is 9.61. The molecule has 2 aromatic rings. The van der Waals surface area contributed by atoms with E-state index < -0.39 is 0 Å². The molecule has 0 aromatic heterocycles. The van der Waals surface area contributed by atoms with E-state index in [4.69, 9.17) is 4.74 Å². The van der Waals surface area contributed by atoms with Crippen LogP contribution in [0.2, 0.25) is 0 Å². The molecule has 18 heavy (non-hydrogen) atoms. The van der Waals surface area contributed by atoms with Crippen LogP contribution in [0.25, 0.3) is 11.1 Å². The summed E-state index contributed by atoms with van der Waals surface area (Å²) in [5.74, 6) is -0.339. The lowest BCUT2D eigenvalue weighted by molar-refractivity contribution is 0.0601. The molecule has 0 aliphatic heterocycles. The first-order valence-electron chi connectivity index (χ1n) is 5.25. The predicted molar refractivity (Wildman–Crippen MR) is 78.6 cm³/mol. The Morgan fingerprint density at radius 2 is 1.61 bits per heavy atom. The average Bonchev–Trinajstić information content (AvgIpc) is 2.39. The van der Waals surface area contributed by atoms with Crippen molar-refractivity contribution in [2.24, 2.45) is 0 Å². The maximum Gasteiger partial charge on any atom is 0.338 e. The van der Waals surface area contributed by atoms with Crippen LogP contribution in [0.15, 0.2) is 51.4 Å². The van der Waals surface area contributed by atoms with Crippen LogP contribution in [0.5, 0.6) is 0 Å². The van der Waals surface area contributed by atoms with Crippen molar-refractivity contribution < 1.29 is 9.53 Å². The van der Waals surface area contributed by atoms with Crippen molar-refractivity contribution in [2.75, 3.05) is 7.11 Å². The molecule has 0 spiro atoms. The number of rotatable bonds is 2. The molecular formula is C14H10Br2O2. The standard InChI is InChI=1S/C14H10Br2O2/c1-18-14(17)13-8-11(16)6-7-12(13)9-2-4-10(15)5-3-9/h2-8H,1H3. The Balaban J connectivity index is 2.56. The molecule has 0 aliphatic carbocycles. The SMILES string of the molecule is COC(=O)c1cc(Br)ccc1-c1ccc(Br)cc1. The van der Waals surface area contributed by atoms with Crippen molar-refractivity contribution in [1.29, 1.82) is 0 Å². The lowest BCUT2D eigenvalue weighted by Gasteiger charge is -2.09. The number of hydrogen-bond acceptors (Lipinski definition) is 2. The quantitative estimate of drug-likeness (QED) is 0.719. The molecule has 0 amide bonds. The van der Waals surface area contributed by atoms with E-state index in [1.54, 1.807) is 6.07 Å². The van der Waals surface area contributed by atoms with Gasteiger partial charge in [-0.05, 0) is 35.4 Å². The van der Waals surface area contributed by atoms with Gasteiger partial charge in [0.15, 0.2) is 0 Å². The highest BCUT2D eigenvalue weighted by atomic mass is 79.9. The summed E-state index contributed by atoms with van der Waals surface area (Å²) in [7, 11) is 1.38. The normalized spacial score (nSPS) is 10.2. The molecular weight excluding hydrogens is 360 g/mol. The maximum atomic E-state index is 11.8. The fourth-order valence-electron chi connectivity index (χ4n) is 1.68. The molecule has 0 bridgehead atoms. The molecule has 0 saturated carbocycles. The number of halogens is 2. The summed E-state index contributed by atoms with van der Waals surface area (Å²) in [5, 5.41) is 0. The summed E-state index contributed by atoms with van der Waals surface area (Å²) in [6, 6.07) is 13.4. The van der Waals surface area contributed by atoms with Crippen LogP contribution >= 0.6 is 31.9 Å². The van der Waals surface area contributed by atoms with Gasteiger partial charge in [0.25, 0.3) is 0 Å². The molecule has 0 radical (unpaired) electrons. The Hall–Kier alpha value is -1.13. The smallest absolute Gasteiger partial charge is 0.338 e. The highest BCUT2D eigenvalue weighted by molar-refractivity contribution is 9.10. The molecule has 0 aliphatic rings. The zero-order valence-corrected chi connectivity index (χ0v) is 12.8. The molecule has 0 atom stereocenters. The van der Waals surface area contributed by atoms with Gasteiger partial charge in [0.1, 0.15) is 0 Å². The van der Waals surface area contributed by atoms with Gasteiger partial charge in [-0.3, -0.25) is 0 Å². The second-order valence-electron chi connectivity index (χ2n) is 3.69. The van der Waals surface area contributed by atoms with Gasteiger partial charge in [-0.15, -0.1) is 0 Å². The van der Waals surface area contributed by atoms with Gasteiger partial charge in [0, 0.05) is 8.95 Å². The van der Waals surface area contributed by atoms with Crippen LogP contribution in [-0.4, -0.2) is 13.1 Å². The largest absolute Gasteiger partial charge is 0.465 e. The minimum atomic E-state index is -0.339. The van der Waals surface area contributed by atoms with E-state index in [0.717, 1.165) is 20.1 Å². The third-order valence-electron chi connectivity index (χ3n) is 2.54. The maximum absolute atomic E-state index is 11.8. The number of carbonyl (C=O) groups excluding carboxylic acids is 1. The van der Waals surface area contributed by atoms with E-state index in [9.17, 15) is 4.79 Å². The highest BCUT2D eigenvalue weighted by Gasteiger charge is 2.13. The lowest BCUT2D eigenvalue weighted by atomic mass is 10.00. The van der Waals surface area contributed by atoms with Crippen molar-refractivity contribution in [3.8, 4) is 11.1 Å². The van der Waals surface area contributed by atoms with Gasteiger partial charge in [-0.2, -0.15) is 0 Å². The Kier molecular flexibility index (Phi) is 4.19. The van der Waals surface area contributed by atoms with Crippen LogP contribution in [0.3, 0.4) is 0 Å². The van der Waals surface area contributed by atoms with Gasteiger partial charge >= 0.3 is 5.97 Å². The predicted octanol–water partition coefficient (Wildman–Crippen LogP) is 4.67. The minimum absolute atomic E-state index is 0.339. The topological polar surface area (TPSA) is 26.3 Å². The van der Waals surface area contributed by atoms with Gasteiger partial charge in [-0.1, -0.05) is 50.1 Å². The highest BCUT2D eigenvalue weighted by Crippen LogP contribution is 2.28. The molecule has 2 nitrogen and oxygen atoms in total. The third kappa shape index (κ3) is 2.82. The van der Waals surface area contributed by atoms with Crippen LogP contribution in [0.1, 0.15) is 10.4 Å². The number of esters is 1. The van der Waals surface area contributed by atoms with E-state index in [0.29, 0.717) is 5.56 Å². The molecule has 0 fully saturated rings. The summed E-state index contributed by atoms with van der Waals surface area (Å²) in [6.07, 6.45) is 0.